The molecule has 168 valence electrons. The number of hydrogen-bond donors (Lipinski definition) is 2. The Hall–Kier alpha value is -3.78. The highest BCUT2D eigenvalue weighted by atomic mass is 16.1. The van der Waals surface area contributed by atoms with Crippen molar-refractivity contribution in [1.29, 1.82) is 0 Å². The number of H-pyrrole nitrogens is 1. The Bertz CT molecular complexity index is 1340. The largest absolute Gasteiger partial charge is 0.326 e. The van der Waals surface area contributed by atoms with Gasteiger partial charge in [0, 0.05) is 25.2 Å². The minimum atomic E-state index is -0.145. The highest BCUT2D eigenvalue weighted by molar-refractivity contribution is 5.91. The zero-order valence-electron chi connectivity index (χ0n) is 18.5. The van der Waals surface area contributed by atoms with Crippen LogP contribution < -0.4 is 10.9 Å². The second-order valence-corrected chi connectivity index (χ2v) is 8.33. The summed E-state index contributed by atoms with van der Waals surface area (Å²) in [5, 5.41) is 10.4. The summed E-state index contributed by atoms with van der Waals surface area (Å²) >= 11 is 0. The minimum Gasteiger partial charge on any atom is -0.326 e. The number of aromatic nitrogens is 4. The fourth-order valence-electron chi connectivity index (χ4n) is 4.52. The lowest BCUT2D eigenvalue weighted by atomic mass is 10.1. The lowest BCUT2D eigenvalue weighted by Crippen LogP contribution is -2.37. The summed E-state index contributed by atoms with van der Waals surface area (Å²) < 4.78 is 1.76. The Morgan fingerprint density at radius 2 is 1.85 bits per heavy atom. The Balaban J connectivity index is 1.61. The lowest BCUT2D eigenvalue weighted by molar-refractivity contribution is -0.116. The zero-order chi connectivity index (χ0) is 22.8. The van der Waals surface area contributed by atoms with Crippen LogP contribution in [0, 0.1) is 0 Å². The molecule has 1 amide bonds. The number of nitrogens with zero attached hydrogens (tertiary/aromatic N) is 4. The van der Waals surface area contributed by atoms with Crippen molar-refractivity contribution in [3.8, 4) is 0 Å². The molecule has 0 saturated heterocycles. The van der Waals surface area contributed by atoms with Crippen LogP contribution in [0.3, 0.4) is 0 Å². The third-order valence-corrected chi connectivity index (χ3v) is 6.20. The van der Waals surface area contributed by atoms with Gasteiger partial charge in [-0.15, -0.1) is 0 Å². The molecular formula is C25H26N6O2. The van der Waals surface area contributed by atoms with E-state index >= 15 is 0 Å². The first kappa shape index (κ1) is 21.1. The molecular weight excluding hydrogens is 416 g/mol. The number of anilines is 1. The summed E-state index contributed by atoms with van der Waals surface area (Å²) in [7, 11) is 0. The number of hydrogen-bond acceptors (Lipinski definition) is 5. The highest BCUT2D eigenvalue weighted by Gasteiger charge is 2.28. The molecule has 0 saturated carbocycles. The van der Waals surface area contributed by atoms with Gasteiger partial charge in [-0.25, -0.2) is 4.98 Å². The average Bonchev–Trinajstić information content (AvgIpc) is 3.30. The maximum absolute atomic E-state index is 13.5. The number of amides is 1. The third-order valence-electron chi connectivity index (χ3n) is 6.20. The Kier molecular flexibility index (Phi) is 5.75. The van der Waals surface area contributed by atoms with E-state index in [2.05, 4.69) is 27.3 Å². The second kappa shape index (κ2) is 8.99. The van der Waals surface area contributed by atoms with Crippen LogP contribution in [0.4, 0.5) is 5.69 Å². The molecule has 33 heavy (non-hydrogen) atoms. The van der Waals surface area contributed by atoms with Crippen LogP contribution in [-0.4, -0.2) is 37.1 Å². The third kappa shape index (κ3) is 4.17. The second-order valence-electron chi connectivity index (χ2n) is 8.33. The van der Waals surface area contributed by atoms with Crippen LogP contribution in [0.5, 0.6) is 0 Å². The molecule has 4 aromatic rings. The average molecular weight is 443 g/mol. The van der Waals surface area contributed by atoms with Gasteiger partial charge in [0.05, 0.1) is 18.8 Å². The summed E-state index contributed by atoms with van der Waals surface area (Å²) in [5.74, 6) is 0.669. The fraction of sp³-hybridized carbons (Fsp3) is 0.280. The molecule has 2 aromatic carbocycles. The van der Waals surface area contributed by atoms with Crippen molar-refractivity contribution in [2.45, 2.75) is 38.9 Å². The van der Waals surface area contributed by atoms with E-state index in [1.165, 1.54) is 6.20 Å². The molecule has 8 nitrogen and oxygen atoms in total. The first-order valence-corrected chi connectivity index (χ1v) is 11.2. The van der Waals surface area contributed by atoms with Gasteiger partial charge in [0.1, 0.15) is 11.2 Å². The first-order valence-electron chi connectivity index (χ1n) is 11.2. The van der Waals surface area contributed by atoms with Gasteiger partial charge in [0.25, 0.3) is 5.56 Å². The molecule has 1 atom stereocenters. The minimum absolute atomic E-state index is 0.0133. The molecule has 3 heterocycles. The van der Waals surface area contributed by atoms with Crippen molar-refractivity contribution >= 4 is 22.6 Å². The van der Waals surface area contributed by atoms with Gasteiger partial charge in [0.2, 0.25) is 5.91 Å². The van der Waals surface area contributed by atoms with Crippen molar-refractivity contribution < 1.29 is 4.79 Å². The summed E-state index contributed by atoms with van der Waals surface area (Å²) in [6.07, 6.45) is 2.65. The van der Waals surface area contributed by atoms with Crippen molar-refractivity contribution in [3.63, 3.8) is 0 Å². The van der Waals surface area contributed by atoms with Crippen molar-refractivity contribution in [2.75, 3.05) is 11.9 Å². The number of rotatable bonds is 5. The van der Waals surface area contributed by atoms with Crippen LogP contribution in [0.2, 0.25) is 0 Å². The van der Waals surface area contributed by atoms with Gasteiger partial charge in [-0.1, -0.05) is 55.5 Å². The molecule has 2 aromatic heterocycles. The predicted molar refractivity (Wildman–Crippen MR) is 127 cm³/mol. The highest BCUT2D eigenvalue weighted by Crippen LogP contribution is 2.29. The van der Waals surface area contributed by atoms with E-state index in [1.54, 1.807) is 4.57 Å². The number of aromatic amines is 1. The van der Waals surface area contributed by atoms with Crippen molar-refractivity contribution in [2.24, 2.45) is 0 Å². The van der Waals surface area contributed by atoms with Gasteiger partial charge in [-0.3, -0.25) is 24.2 Å². The topological polar surface area (TPSA) is 95.9 Å². The van der Waals surface area contributed by atoms with E-state index in [9.17, 15) is 9.59 Å². The molecule has 1 unspecified atom stereocenters. The van der Waals surface area contributed by atoms with Crippen LogP contribution in [0.25, 0.3) is 11.0 Å². The van der Waals surface area contributed by atoms with Gasteiger partial charge < -0.3 is 5.32 Å². The van der Waals surface area contributed by atoms with Gasteiger partial charge in [0.15, 0.2) is 5.65 Å². The van der Waals surface area contributed by atoms with Crippen LogP contribution in [0.15, 0.2) is 65.6 Å². The standard InChI is InChI=1S/C25H26N6O2/c1-2-21(30-13-12-22(32)27-20-11-7-6-10-18(20)16-30)24-28-23-19(14-26-29-23)25(33)31(24)15-17-8-4-3-5-9-17/h3-11,14,21H,2,12-13,15-16H2,1H3,(H,26,29)(H,27,32). The molecule has 0 radical (unpaired) electrons. The summed E-state index contributed by atoms with van der Waals surface area (Å²) in [5.41, 5.74) is 3.28. The van der Waals surface area contributed by atoms with E-state index in [1.807, 2.05) is 54.6 Å². The number of carbonyl (C=O) groups is 1. The predicted octanol–water partition coefficient (Wildman–Crippen LogP) is 3.46. The Morgan fingerprint density at radius 1 is 1.06 bits per heavy atom. The fourth-order valence-corrected chi connectivity index (χ4v) is 4.52. The number of nitrogens with one attached hydrogen (secondary N) is 2. The smallest absolute Gasteiger partial charge is 0.265 e. The molecule has 0 spiro atoms. The summed E-state index contributed by atoms with van der Waals surface area (Å²) in [6.45, 7) is 3.73. The van der Waals surface area contributed by atoms with Crippen LogP contribution in [0.1, 0.15) is 42.8 Å². The molecule has 0 fully saturated rings. The maximum Gasteiger partial charge on any atom is 0.265 e. The Labute approximate surface area is 191 Å². The summed E-state index contributed by atoms with van der Waals surface area (Å²) in [4.78, 5) is 33.1. The van der Waals surface area contributed by atoms with Gasteiger partial charge >= 0.3 is 0 Å². The van der Waals surface area contributed by atoms with Gasteiger partial charge in [-0.05, 0) is 23.6 Å². The number of fused-ring (bicyclic) bond motifs is 2. The SMILES string of the molecule is CCC(c1nc2[nH]ncc2c(=O)n1Cc1ccccc1)N1CCC(=O)Nc2ccccc2C1. The van der Waals surface area contributed by atoms with Crippen LogP contribution in [-0.2, 0) is 17.9 Å². The maximum atomic E-state index is 13.5. The zero-order valence-corrected chi connectivity index (χ0v) is 18.5. The molecule has 0 aliphatic carbocycles. The van der Waals surface area contributed by atoms with Crippen LogP contribution >= 0.6 is 0 Å². The normalized spacial score (nSPS) is 15.5. The quantitative estimate of drug-likeness (QED) is 0.493. The van der Waals surface area contributed by atoms with Crippen molar-refractivity contribution in [3.05, 3.63) is 88.1 Å². The van der Waals surface area contributed by atoms with E-state index in [-0.39, 0.29) is 17.5 Å². The monoisotopic (exact) mass is 442 g/mol. The molecule has 2 N–H and O–H groups in total. The van der Waals surface area contributed by atoms with E-state index < -0.39 is 0 Å². The van der Waals surface area contributed by atoms with Crippen molar-refractivity contribution in [1.82, 2.24) is 24.6 Å². The number of carbonyl (C=O) groups excluding carboxylic acids is 1. The molecule has 1 aliphatic heterocycles. The Morgan fingerprint density at radius 3 is 2.67 bits per heavy atom. The van der Waals surface area contributed by atoms with E-state index in [0.717, 1.165) is 23.2 Å². The van der Waals surface area contributed by atoms with Gasteiger partial charge in [-0.2, -0.15) is 5.10 Å². The van der Waals surface area contributed by atoms with E-state index in [4.69, 9.17) is 4.98 Å². The molecule has 1 aliphatic rings. The number of para-hydroxylation sites is 1. The lowest BCUT2D eigenvalue weighted by Gasteiger charge is -2.33. The first-order chi connectivity index (χ1) is 16.1. The number of benzene rings is 2. The molecule has 5 rings (SSSR count). The molecule has 0 bridgehead atoms. The summed E-state index contributed by atoms with van der Waals surface area (Å²) in [6, 6.07) is 17.6. The van der Waals surface area contributed by atoms with E-state index in [0.29, 0.717) is 42.9 Å². The molecule has 8 heteroatoms.